The van der Waals surface area contributed by atoms with Crippen molar-refractivity contribution in [2.24, 2.45) is 13.0 Å². The van der Waals surface area contributed by atoms with Crippen molar-refractivity contribution in [3.05, 3.63) is 53.6 Å². The van der Waals surface area contributed by atoms with Gasteiger partial charge >= 0.3 is 6.18 Å². The van der Waals surface area contributed by atoms with Gasteiger partial charge in [0.25, 0.3) is 0 Å². The van der Waals surface area contributed by atoms with E-state index in [4.69, 9.17) is 4.74 Å². The van der Waals surface area contributed by atoms with Crippen LogP contribution in [-0.2, 0) is 24.6 Å². The second-order valence-corrected chi connectivity index (χ2v) is 7.09. The van der Waals surface area contributed by atoms with E-state index < -0.39 is 11.7 Å². The van der Waals surface area contributed by atoms with Crippen LogP contribution < -0.4 is 4.74 Å². The molecule has 0 aliphatic heterocycles. The zero-order chi connectivity index (χ0) is 20.3. The molecule has 28 heavy (non-hydrogen) atoms. The lowest BCUT2D eigenvalue weighted by molar-refractivity contribution is -0.137. The Balaban J connectivity index is 1.63. The summed E-state index contributed by atoms with van der Waals surface area (Å²) in [5, 5.41) is 8.40. The zero-order valence-electron chi connectivity index (χ0n) is 15.6. The van der Waals surface area contributed by atoms with Gasteiger partial charge in [-0.05, 0) is 55.4 Å². The first kappa shape index (κ1) is 20.1. The van der Waals surface area contributed by atoms with Gasteiger partial charge in [-0.25, -0.2) is 0 Å². The first-order valence-electron chi connectivity index (χ1n) is 9.11. The minimum atomic E-state index is -4.41. The quantitative estimate of drug-likeness (QED) is 0.538. The lowest BCUT2D eigenvalue weighted by atomic mass is 9.79. The second kappa shape index (κ2) is 8.16. The topological polar surface area (TPSA) is 57.0 Å². The first-order chi connectivity index (χ1) is 13.3. The van der Waals surface area contributed by atoms with Gasteiger partial charge in [-0.1, -0.05) is 12.6 Å². The van der Waals surface area contributed by atoms with E-state index in [0.29, 0.717) is 11.4 Å². The van der Waals surface area contributed by atoms with Crippen molar-refractivity contribution in [1.82, 2.24) is 14.8 Å². The maximum Gasteiger partial charge on any atom is 0.416 e. The molecule has 0 atom stereocenters. The molecule has 0 radical (unpaired) electrons. The molecular weight excluding hydrogens is 371 g/mol. The molecule has 0 unspecified atom stereocenters. The average Bonchev–Trinajstić information content (AvgIpc) is 3.06. The number of nitrogens with zero attached hydrogens (tertiary/aromatic N) is 3. The van der Waals surface area contributed by atoms with Crippen LogP contribution in [0.2, 0.25) is 0 Å². The van der Waals surface area contributed by atoms with Gasteiger partial charge in [0.1, 0.15) is 24.5 Å². The SMILES string of the molecule is C=C(C=O)[C@H]1CC[C@H](c2nnc(COc3cccc(C(F)(F)F)c3)n2C)CC1. The lowest BCUT2D eigenvalue weighted by Gasteiger charge is -2.27. The van der Waals surface area contributed by atoms with Gasteiger partial charge < -0.3 is 9.30 Å². The number of rotatable bonds is 6. The Morgan fingerprint density at radius 3 is 2.64 bits per heavy atom. The van der Waals surface area contributed by atoms with E-state index in [9.17, 15) is 18.0 Å². The van der Waals surface area contributed by atoms with Crippen molar-refractivity contribution >= 4 is 6.29 Å². The second-order valence-electron chi connectivity index (χ2n) is 7.09. The Hall–Kier alpha value is -2.64. The van der Waals surface area contributed by atoms with Crippen molar-refractivity contribution in [2.45, 2.75) is 44.4 Å². The zero-order valence-corrected chi connectivity index (χ0v) is 15.6. The predicted octanol–water partition coefficient (Wildman–Crippen LogP) is 4.44. The summed E-state index contributed by atoms with van der Waals surface area (Å²) in [6, 6.07) is 4.76. The standard InChI is InChI=1S/C20H22F3N3O2/c1-13(11-27)14-6-8-15(9-7-14)19-25-24-18(26(19)2)12-28-17-5-3-4-16(10-17)20(21,22)23/h3-5,10-11,14-15H,1,6-9,12H2,2H3/t14-,15-. The highest BCUT2D eigenvalue weighted by atomic mass is 19.4. The van der Waals surface area contributed by atoms with Crippen molar-refractivity contribution < 1.29 is 22.7 Å². The third-order valence-corrected chi connectivity index (χ3v) is 5.30. The van der Waals surface area contributed by atoms with Crippen LogP contribution in [0, 0.1) is 5.92 Å². The number of carbonyl (C=O) groups excluding carboxylic acids is 1. The van der Waals surface area contributed by atoms with Gasteiger partial charge in [0.2, 0.25) is 0 Å². The van der Waals surface area contributed by atoms with Crippen LogP contribution in [0.15, 0.2) is 36.4 Å². The number of alkyl halides is 3. The summed E-state index contributed by atoms with van der Waals surface area (Å²) in [5.41, 5.74) is -0.107. The van der Waals surface area contributed by atoms with E-state index in [1.54, 1.807) is 0 Å². The van der Waals surface area contributed by atoms with E-state index in [2.05, 4.69) is 16.8 Å². The normalized spacial score (nSPS) is 20.0. The van der Waals surface area contributed by atoms with E-state index in [1.165, 1.54) is 12.1 Å². The summed E-state index contributed by atoms with van der Waals surface area (Å²) in [5.74, 6) is 1.97. The Bertz CT molecular complexity index is 853. The van der Waals surface area contributed by atoms with Crippen molar-refractivity contribution in [3.8, 4) is 5.75 Å². The number of allylic oxidation sites excluding steroid dienone is 1. The first-order valence-corrected chi connectivity index (χ1v) is 9.11. The average molecular weight is 393 g/mol. The van der Waals surface area contributed by atoms with Gasteiger partial charge in [0.05, 0.1) is 5.56 Å². The minimum absolute atomic E-state index is 0.0299. The molecule has 1 heterocycles. The summed E-state index contributed by atoms with van der Waals surface area (Å²) in [4.78, 5) is 10.9. The van der Waals surface area contributed by atoms with E-state index in [1.807, 2.05) is 11.6 Å². The fraction of sp³-hybridized carbons (Fsp3) is 0.450. The third kappa shape index (κ3) is 4.43. The summed E-state index contributed by atoms with van der Waals surface area (Å²) in [6.07, 6.45) is -0.0475. The van der Waals surface area contributed by atoms with Crippen molar-refractivity contribution in [1.29, 1.82) is 0 Å². The molecule has 0 spiro atoms. The Morgan fingerprint density at radius 2 is 2.00 bits per heavy atom. The molecule has 1 saturated carbocycles. The van der Waals surface area contributed by atoms with Crippen LogP contribution in [0.4, 0.5) is 13.2 Å². The molecule has 0 amide bonds. The monoisotopic (exact) mass is 393 g/mol. The Kier molecular flexibility index (Phi) is 5.86. The number of ether oxygens (including phenoxy) is 1. The van der Waals surface area contributed by atoms with E-state index in [-0.39, 0.29) is 24.2 Å². The fourth-order valence-corrected chi connectivity index (χ4v) is 3.59. The molecule has 2 aromatic rings. The fourth-order valence-electron chi connectivity index (χ4n) is 3.59. The summed E-state index contributed by atoms with van der Waals surface area (Å²) >= 11 is 0. The van der Waals surface area contributed by atoms with Gasteiger partial charge in [-0.3, -0.25) is 4.79 Å². The molecule has 3 rings (SSSR count). The lowest BCUT2D eigenvalue weighted by Crippen LogP contribution is -2.18. The van der Waals surface area contributed by atoms with Gasteiger partial charge in [0.15, 0.2) is 5.82 Å². The van der Waals surface area contributed by atoms with Gasteiger partial charge in [-0.15, -0.1) is 10.2 Å². The van der Waals surface area contributed by atoms with Crippen molar-refractivity contribution in [3.63, 3.8) is 0 Å². The molecule has 1 aromatic carbocycles. The molecule has 0 N–H and O–H groups in total. The van der Waals surface area contributed by atoms with Crippen LogP contribution >= 0.6 is 0 Å². The largest absolute Gasteiger partial charge is 0.486 e. The maximum atomic E-state index is 12.8. The number of benzene rings is 1. The molecule has 0 bridgehead atoms. The molecule has 1 fully saturated rings. The molecule has 5 nitrogen and oxygen atoms in total. The highest BCUT2D eigenvalue weighted by molar-refractivity contribution is 5.72. The Labute approximate surface area is 161 Å². The Morgan fingerprint density at radius 1 is 1.29 bits per heavy atom. The highest BCUT2D eigenvalue weighted by Crippen LogP contribution is 2.37. The summed E-state index contributed by atoms with van der Waals surface area (Å²) < 4.78 is 45.7. The third-order valence-electron chi connectivity index (χ3n) is 5.30. The van der Waals surface area contributed by atoms with Gasteiger partial charge in [0, 0.05) is 13.0 Å². The molecular formula is C20H22F3N3O2. The van der Waals surface area contributed by atoms with Crippen LogP contribution in [0.25, 0.3) is 0 Å². The number of aromatic nitrogens is 3. The summed E-state index contributed by atoms with van der Waals surface area (Å²) in [6.45, 7) is 3.83. The van der Waals surface area contributed by atoms with Gasteiger partial charge in [-0.2, -0.15) is 13.2 Å². The number of aldehydes is 1. The molecule has 8 heteroatoms. The molecule has 1 aliphatic carbocycles. The molecule has 1 aromatic heterocycles. The molecule has 150 valence electrons. The van der Waals surface area contributed by atoms with Crippen LogP contribution in [0.5, 0.6) is 5.75 Å². The van der Waals surface area contributed by atoms with Crippen LogP contribution in [0.1, 0.15) is 48.8 Å². The maximum absolute atomic E-state index is 12.8. The molecule has 0 saturated heterocycles. The van der Waals surface area contributed by atoms with E-state index >= 15 is 0 Å². The van der Waals surface area contributed by atoms with Crippen LogP contribution in [-0.4, -0.2) is 21.1 Å². The smallest absolute Gasteiger partial charge is 0.416 e. The summed E-state index contributed by atoms with van der Waals surface area (Å²) in [7, 11) is 1.83. The highest BCUT2D eigenvalue weighted by Gasteiger charge is 2.31. The van der Waals surface area contributed by atoms with E-state index in [0.717, 1.165) is 49.9 Å². The number of hydrogen-bond donors (Lipinski definition) is 0. The minimum Gasteiger partial charge on any atom is -0.486 e. The van der Waals surface area contributed by atoms with Crippen LogP contribution in [0.3, 0.4) is 0 Å². The number of halogens is 3. The van der Waals surface area contributed by atoms with Crippen molar-refractivity contribution in [2.75, 3.05) is 0 Å². The predicted molar refractivity (Wildman–Crippen MR) is 96.7 cm³/mol. The molecule has 1 aliphatic rings. The number of hydrogen-bond acceptors (Lipinski definition) is 4. The number of carbonyl (C=O) groups is 1.